The average molecular weight is 364 g/mol. The number of nitrogens with zero attached hydrogens (tertiary/aromatic N) is 2. The van der Waals surface area contributed by atoms with E-state index >= 15 is 0 Å². The highest BCUT2D eigenvalue weighted by Gasteiger charge is 2.09. The van der Waals surface area contributed by atoms with Crippen LogP contribution in [0.3, 0.4) is 0 Å². The van der Waals surface area contributed by atoms with Crippen molar-refractivity contribution in [3.8, 4) is 0 Å². The Hall–Kier alpha value is -0.590. The molecule has 0 aliphatic rings. The van der Waals surface area contributed by atoms with Crippen molar-refractivity contribution in [2.45, 2.75) is 53.1 Å². The first-order valence-electron chi connectivity index (χ1n) is 6.47. The second-order valence-electron chi connectivity index (χ2n) is 4.95. The van der Waals surface area contributed by atoms with E-state index in [1.165, 1.54) is 4.57 Å². The molecule has 1 rings (SSSR count). The number of halogens is 1. The van der Waals surface area contributed by atoms with E-state index in [1.54, 1.807) is 10.8 Å². The van der Waals surface area contributed by atoms with Gasteiger partial charge < -0.3 is 0 Å². The van der Waals surface area contributed by atoms with Crippen molar-refractivity contribution in [2.75, 3.05) is 0 Å². The van der Waals surface area contributed by atoms with E-state index in [2.05, 4.69) is 13.8 Å². The van der Waals surface area contributed by atoms with Gasteiger partial charge in [-0.25, -0.2) is 4.79 Å². The quantitative estimate of drug-likeness (QED) is 0.728. The van der Waals surface area contributed by atoms with Gasteiger partial charge in [0.05, 0.1) is 3.57 Å². The fraction of sp³-hybridized carbons (Fsp3) is 0.692. The van der Waals surface area contributed by atoms with Crippen LogP contribution in [0.1, 0.15) is 40.0 Å². The van der Waals surface area contributed by atoms with Crippen LogP contribution in [-0.2, 0) is 13.1 Å². The molecular weight excluding hydrogens is 343 g/mol. The molecule has 0 atom stereocenters. The zero-order valence-corrected chi connectivity index (χ0v) is 13.4. The van der Waals surface area contributed by atoms with Crippen molar-refractivity contribution < 1.29 is 0 Å². The monoisotopic (exact) mass is 364 g/mol. The van der Waals surface area contributed by atoms with Gasteiger partial charge in [0.2, 0.25) is 0 Å². The van der Waals surface area contributed by atoms with Crippen molar-refractivity contribution in [3.63, 3.8) is 0 Å². The van der Waals surface area contributed by atoms with E-state index in [1.807, 2.05) is 29.5 Å². The number of aromatic nitrogens is 2. The first-order chi connectivity index (χ1) is 8.47. The van der Waals surface area contributed by atoms with Crippen LogP contribution in [0.15, 0.2) is 15.8 Å². The fourth-order valence-electron chi connectivity index (χ4n) is 1.87. The minimum Gasteiger partial charge on any atom is -0.299 e. The zero-order valence-electron chi connectivity index (χ0n) is 11.3. The normalized spacial score (nSPS) is 11.2. The van der Waals surface area contributed by atoms with Crippen molar-refractivity contribution in [1.29, 1.82) is 0 Å². The lowest BCUT2D eigenvalue weighted by molar-refractivity contribution is 0.476. The summed E-state index contributed by atoms with van der Waals surface area (Å²) in [5.74, 6) is 0.598. The van der Waals surface area contributed by atoms with Gasteiger partial charge in [-0.1, -0.05) is 20.8 Å². The Balaban J connectivity index is 3.02. The largest absolute Gasteiger partial charge is 0.331 e. The molecule has 0 bridgehead atoms. The SMILES string of the molecule is CCCn1cc(I)c(=O)n(CCCC(C)C)c1=O. The van der Waals surface area contributed by atoms with Crippen LogP contribution in [0, 0.1) is 9.49 Å². The van der Waals surface area contributed by atoms with Crippen LogP contribution < -0.4 is 11.2 Å². The number of hydrogen-bond donors (Lipinski definition) is 0. The van der Waals surface area contributed by atoms with E-state index in [-0.39, 0.29) is 11.2 Å². The van der Waals surface area contributed by atoms with Crippen LogP contribution in [-0.4, -0.2) is 9.13 Å². The lowest BCUT2D eigenvalue weighted by Gasteiger charge is -2.11. The molecule has 0 amide bonds. The summed E-state index contributed by atoms with van der Waals surface area (Å²) in [6.45, 7) is 7.50. The molecule has 0 N–H and O–H groups in total. The molecule has 5 heteroatoms. The zero-order chi connectivity index (χ0) is 13.7. The molecule has 0 saturated heterocycles. The third-order valence-corrected chi connectivity index (χ3v) is 3.56. The maximum atomic E-state index is 12.1. The summed E-state index contributed by atoms with van der Waals surface area (Å²) in [5.41, 5.74) is -0.331. The van der Waals surface area contributed by atoms with Crippen LogP contribution in [0.4, 0.5) is 0 Å². The Labute approximate surface area is 121 Å². The topological polar surface area (TPSA) is 44.0 Å². The van der Waals surface area contributed by atoms with Crippen LogP contribution in [0.2, 0.25) is 0 Å². The molecule has 1 heterocycles. The molecule has 18 heavy (non-hydrogen) atoms. The fourth-order valence-corrected chi connectivity index (χ4v) is 2.50. The maximum Gasteiger partial charge on any atom is 0.331 e. The molecule has 0 aliphatic heterocycles. The Morgan fingerprint density at radius 3 is 2.50 bits per heavy atom. The van der Waals surface area contributed by atoms with E-state index < -0.39 is 0 Å². The number of rotatable bonds is 6. The highest BCUT2D eigenvalue weighted by atomic mass is 127. The second-order valence-corrected chi connectivity index (χ2v) is 6.11. The number of hydrogen-bond acceptors (Lipinski definition) is 2. The molecule has 0 fully saturated rings. The van der Waals surface area contributed by atoms with Gasteiger partial charge in [-0.2, -0.15) is 0 Å². The molecule has 0 aliphatic carbocycles. The summed E-state index contributed by atoms with van der Waals surface area (Å²) in [7, 11) is 0. The Kier molecular flexibility index (Phi) is 6.11. The van der Waals surface area contributed by atoms with E-state index in [0.29, 0.717) is 22.6 Å². The maximum absolute atomic E-state index is 12.1. The molecule has 0 saturated carbocycles. The standard InChI is InChI=1S/C13H21IN2O2/c1-4-7-15-9-11(14)12(17)16(13(15)18)8-5-6-10(2)3/h9-10H,4-8H2,1-3H3. The first kappa shape index (κ1) is 15.5. The lowest BCUT2D eigenvalue weighted by atomic mass is 10.1. The predicted molar refractivity (Wildman–Crippen MR) is 82.0 cm³/mol. The molecule has 4 nitrogen and oxygen atoms in total. The highest BCUT2D eigenvalue weighted by molar-refractivity contribution is 14.1. The van der Waals surface area contributed by atoms with Gasteiger partial charge in [-0.05, 0) is 47.8 Å². The molecule has 1 aromatic rings. The smallest absolute Gasteiger partial charge is 0.299 e. The van der Waals surface area contributed by atoms with Crippen molar-refractivity contribution >= 4 is 22.6 Å². The van der Waals surface area contributed by atoms with Crippen molar-refractivity contribution in [3.05, 3.63) is 30.6 Å². The van der Waals surface area contributed by atoms with Gasteiger partial charge in [0, 0.05) is 19.3 Å². The summed E-state index contributed by atoms with van der Waals surface area (Å²) in [5, 5.41) is 0. The molecule has 1 aromatic heterocycles. The Morgan fingerprint density at radius 1 is 1.28 bits per heavy atom. The van der Waals surface area contributed by atoms with Crippen LogP contribution >= 0.6 is 22.6 Å². The molecule has 102 valence electrons. The Morgan fingerprint density at radius 2 is 1.94 bits per heavy atom. The molecule has 0 unspecified atom stereocenters. The lowest BCUT2D eigenvalue weighted by Crippen LogP contribution is -2.41. The third kappa shape index (κ3) is 3.96. The van der Waals surface area contributed by atoms with Crippen molar-refractivity contribution in [1.82, 2.24) is 9.13 Å². The average Bonchev–Trinajstić information content (AvgIpc) is 2.30. The third-order valence-electron chi connectivity index (χ3n) is 2.82. The van der Waals surface area contributed by atoms with Gasteiger partial charge in [0.15, 0.2) is 0 Å². The minimum atomic E-state index is -0.175. The Bertz CT molecular complexity index is 503. The van der Waals surface area contributed by atoms with Crippen LogP contribution in [0.5, 0.6) is 0 Å². The van der Waals surface area contributed by atoms with Gasteiger partial charge in [-0.3, -0.25) is 13.9 Å². The first-order valence-corrected chi connectivity index (χ1v) is 7.55. The van der Waals surface area contributed by atoms with E-state index in [4.69, 9.17) is 0 Å². The van der Waals surface area contributed by atoms with Crippen LogP contribution in [0.25, 0.3) is 0 Å². The summed E-state index contributed by atoms with van der Waals surface area (Å²) >= 11 is 2.00. The number of aryl methyl sites for hydroxylation is 1. The second kappa shape index (κ2) is 7.11. The molecule has 0 aromatic carbocycles. The van der Waals surface area contributed by atoms with Crippen molar-refractivity contribution in [2.24, 2.45) is 5.92 Å². The van der Waals surface area contributed by atoms with Gasteiger partial charge in [0.25, 0.3) is 5.56 Å². The summed E-state index contributed by atoms with van der Waals surface area (Å²) in [6.07, 6.45) is 4.46. The molecule has 0 spiro atoms. The van der Waals surface area contributed by atoms with E-state index in [9.17, 15) is 9.59 Å². The van der Waals surface area contributed by atoms with E-state index in [0.717, 1.165) is 19.3 Å². The minimum absolute atomic E-state index is 0.156. The molecule has 0 radical (unpaired) electrons. The van der Waals surface area contributed by atoms with Gasteiger partial charge in [0.1, 0.15) is 0 Å². The predicted octanol–water partition coefficient (Wildman–Crippen LogP) is 2.46. The highest BCUT2D eigenvalue weighted by Crippen LogP contribution is 2.04. The summed E-state index contributed by atoms with van der Waals surface area (Å²) in [6, 6.07) is 0. The van der Waals surface area contributed by atoms with Gasteiger partial charge in [-0.15, -0.1) is 0 Å². The molecular formula is C13H21IN2O2. The summed E-state index contributed by atoms with van der Waals surface area (Å²) in [4.78, 5) is 24.1. The van der Waals surface area contributed by atoms with Gasteiger partial charge >= 0.3 is 5.69 Å². The summed E-state index contributed by atoms with van der Waals surface area (Å²) < 4.78 is 3.63.